The number of benzene rings is 2. The Balaban J connectivity index is 2.05. The first-order chi connectivity index (χ1) is 9.48. The first-order valence-corrected chi connectivity index (χ1v) is 6.73. The Labute approximate surface area is 118 Å². The summed E-state index contributed by atoms with van der Waals surface area (Å²) in [6.07, 6.45) is 0. The Morgan fingerprint density at radius 3 is 2.65 bits per heavy atom. The Hall–Kier alpha value is -1.65. The van der Waals surface area contributed by atoms with Crippen molar-refractivity contribution < 1.29 is 14.2 Å². The molecule has 108 valence electrons. The fourth-order valence-electron chi connectivity index (χ4n) is 1.92. The molecule has 0 saturated carbocycles. The Kier molecular flexibility index (Phi) is 4.57. The second kappa shape index (κ2) is 6.20. The van der Waals surface area contributed by atoms with Crippen molar-refractivity contribution in [3.8, 4) is 5.75 Å². The number of alkyl halides is 1. The molecular formula is C16H20FNO2. The van der Waals surface area contributed by atoms with Gasteiger partial charge in [-0.25, -0.2) is 4.39 Å². The number of nitrogens with one attached hydrogen (secondary N) is 1. The summed E-state index contributed by atoms with van der Waals surface area (Å²) in [6, 6.07) is 13.4. The highest BCUT2D eigenvalue weighted by Gasteiger charge is 2.27. The van der Waals surface area contributed by atoms with Gasteiger partial charge in [0.25, 0.3) is 5.85 Å². The smallest absolute Gasteiger partial charge is 0.253 e. The van der Waals surface area contributed by atoms with Crippen molar-refractivity contribution >= 4 is 10.8 Å². The molecular weight excluding hydrogens is 257 g/mol. The van der Waals surface area contributed by atoms with E-state index in [4.69, 9.17) is 4.74 Å². The molecule has 0 saturated heterocycles. The summed E-state index contributed by atoms with van der Waals surface area (Å²) in [5.74, 6) is -1.81. The summed E-state index contributed by atoms with van der Waals surface area (Å²) in [4.78, 5) is 0. The molecule has 0 heterocycles. The quantitative estimate of drug-likeness (QED) is 0.853. The monoisotopic (exact) mass is 277 g/mol. The Bertz CT molecular complexity index is 564. The molecule has 0 aliphatic carbocycles. The minimum absolute atomic E-state index is 0.106. The van der Waals surface area contributed by atoms with E-state index < -0.39 is 12.5 Å². The summed E-state index contributed by atoms with van der Waals surface area (Å²) in [5, 5.41) is 14.4. The van der Waals surface area contributed by atoms with Gasteiger partial charge in [0.05, 0.1) is 6.54 Å². The zero-order valence-electron chi connectivity index (χ0n) is 11.8. The number of hydrogen-bond acceptors (Lipinski definition) is 3. The van der Waals surface area contributed by atoms with Crippen LogP contribution in [0, 0.1) is 0 Å². The van der Waals surface area contributed by atoms with Crippen molar-refractivity contribution in [1.82, 2.24) is 5.32 Å². The molecule has 3 nitrogen and oxygen atoms in total. The van der Waals surface area contributed by atoms with E-state index in [2.05, 4.69) is 5.32 Å². The Morgan fingerprint density at radius 2 is 1.90 bits per heavy atom. The van der Waals surface area contributed by atoms with Crippen LogP contribution in [0.2, 0.25) is 0 Å². The largest absolute Gasteiger partial charge is 0.487 e. The minimum atomic E-state index is -2.39. The fraction of sp³-hybridized carbons (Fsp3) is 0.375. The molecule has 1 atom stereocenters. The van der Waals surface area contributed by atoms with Gasteiger partial charge in [0.2, 0.25) is 0 Å². The minimum Gasteiger partial charge on any atom is -0.487 e. The van der Waals surface area contributed by atoms with Crippen LogP contribution >= 0.6 is 0 Å². The third kappa shape index (κ3) is 3.92. The first-order valence-electron chi connectivity index (χ1n) is 6.73. The van der Waals surface area contributed by atoms with Crippen molar-refractivity contribution in [3.05, 3.63) is 42.5 Å². The molecule has 0 bridgehead atoms. The second-order valence-corrected chi connectivity index (χ2v) is 5.22. The summed E-state index contributed by atoms with van der Waals surface area (Å²) in [6.45, 7) is 3.22. The zero-order chi connectivity index (χ0) is 14.6. The van der Waals surface area contributed by atoms with Crippen LogP contribution < -0.4 is 10.1 Å². The molecule has 0 aliphatic heterocycles. The third-order valence-corrected chi connectivity index (χ3v) is 2.98. The van der Waals surface area contributed by atoms with E-state index in [1.54, 1.807) is 6.07 Å². The van der Waals surface area contributed by atoms with Gasteiger partial charge in [0.1, 0.15) is 12.4 Å². The molecule has 0 spiro atoms. The van der Waals surface area contributed by atoms with E-state index in [9.17, 15) is 9.50 Å². The zero-order valence-corrected chi connectivity index (χ0v) is 11.8. The van der Waals surface area contributed by atoms with Gasteiger partial charge in [-0.3, -0.25) is 0 Å². The SMILES string of the molecule is CC(C)NCC(O)(F)COc1cccc2ccccc12. The molecule has 2 aromatic carbocycles. The molecule has 20 heavy (non-hydrogen) atoms. The molecule has 0 aliphatic rings. The summed E-state index contributed by atoms with van der Waals surface area (Å²) in [5.41, 5.74) is 0. The molecule has 2 N–H and O–H groups in total. The third-order valence-electron chi connectivity index (χ3n) is 2.98. The average Bonchev–Trinajstić information content (AvgIpc) is 2.43. The number of aliphatic hydroxyl groups is 1. The molecule has 2 aromatic rings. The van der Waals surface area contributed by atoms with Crippen molar-refractivity contribution in [2.45, 2.75) is 25.7 Å². The Morgan fingerprint density at radius 1 is 1.20 bits per heavy atom. The van der Waals surface area contributed by atoms with Gasteiger partial charge in [-0.1, -0.05) is 50.2 Å². The number of halogens is 1. The maximum absolute atomic E-state index is 13.9. The predicted octanol–water partition coefficient (Wildman–Crippen LogP) is 2.87. The van der Waals surface area contributed by atoms with Gasteiger partial charge < -0.3 is 15.2 Å². The van der Waals surface area contributed by atoms with Crippen LogP contribution in [-0.2, 0) is 0 Å². The van der Waals surface area contributed by atoms with E-state index in [0.717, 1.165) is 10.8 Å². The van der Waals surface area contributed by atoms with Crippen LogP contribution in [-0.4, -0.2) is 30.2 Å². The van der Waals surface area contributed by atoms with Gasteiger partial charge in [0, 0.05) is 11.4 Å². The van der Waals surface area contributed by atoms with Crippen molar-refractivity contribution in [2.75, 3.05) is 13.2 Å². The van der Waals surface area contributed by atoms with E-state index in [1.165, 1.54) is 0 Å². The standard InChI is InChI=1S/C16H20FNO2/c1-12(2)18-10-16(17,19)11-20-15-9-5-7-13-6-3-4-8-14(13)15/h3-9,12,18-19H,10-11H2,1-2H3. The maximum atomic E-state index is 13.9. The number of ether oxygens (including phenoxy) is 1. The van der Waals surface area contributed by atoms with Crippen molar-refractivity contribution in [3.63, 3.8) is 0 Å². The summed E-state index contributed by atoms with van der Waals surface area (Å²) < 4.78 is 19.4. The molecule has 2 rings (SSSR count). The fourth-order valence-corrected chi connectivity index (χ4v) is 1.92. The van der Waals surface area contributed by atoms with Crippen LogP contribution in [0.5, 0.6) is 5.75 Å². The number of fused-ring (bicyclic) bond motifs is 1. The van der Waals surface area contributed by atoms with E-state index >= 15 is 0 Å². The lowest BCUT2D eigenvalue weighted by atomic mass is 10.1. The van der Waals surface area contributed by atoms with E-state index in [-0.39, 0.29) is 12.6 Å². The molecule has 4 heteroatoms. The lowest BCUT2D eigenvalue weighted by Crippen LogP contribution is -2.43. The van der Waals surface area contributed by atoms with E-state index in [0.29, 0.717) is 5.75 Å². The molecule has 0 fully saturated rings. The lowest BCUT2D eigenvalue weighted by Gasteiger charge is -2.21. The number of hydrogen-bond donors (Lipinski definition) is 2. The average molecular weight is 277 g/mol. The van der Waals surface area contributed by atoms with E-state index in [1.807, 2.05) is 50.2 Å². The maximum Gasteiger partial charge on any atom is 0.253 e. The molecule has 0 aromatic heterocycles. The first kappa shape index (κ1) is 14.8. The topological polar surface area (TPSA) is 41.5 Å². The predicted molar refractivity (Wildman–Crippen MR) is 78.6 cm³/mol. The van der Waals surface area contributed by atoms with Crippen LogP contribution in [0.15, 0.2) is 42.5 Å². The second-order valence-electron chi connectivity index (χ2n) is 5.22. The highest BCUT2D eigenvalue weighted by molar-refractivity contribution is 5.88. The van der Waals surface area contributed by atoms with Gasteiger partial charge in [-0.15, -0.1) is 0 Å². The van der Waals surface area contributed by atoms with Gasteiger partial charge in [-0.05, 0) is 11.5 Å². The van der Waals surface area contributed by atoms with Gasteiger partial charge in [0.15, 0.2) is 0 Å². The van der Waals surface area contributed by atoms with Crippen LogP contribution in [0.25, 0.3) is 10.8 Å². The van der Waals surface area contributed by atoms with Crippen LogP contribution in [0.1, 0.15) is 13.8 Å². The molecule has 1 unspecified atom stereocenters. The van der Waals surface area contributed by atoms with Gasteiger partial charge >= 0.3 is 0 Å². The molecule has 0 amide bonds. The van der Waals surface area contributed by atoms with Crippen LogP contribution in [0.4, 0.5) is 4.39 Å². The summed E-state index contributed by atoms with van der Waals surface area (Å²) >= 11 is 0. The highest BCUT2D eigenvalue weighted by Crippen LogP contribution is 2.26. The number of rotatable bonds is 6. The molecule has 0 radical (unpaired) electrons. The normalized spacial score (nSPS) is 14.4. The van der Waals surface area contributed by atoms with Gasteiger partial charge in [-0.2, -0.15) is 0 Å². The van der Waals surface area contributed by atoms with Crippen molar-refractivity contribution in [2.24, 2.45) is 0 Å². The lowest BCUT2D eigenvalue weighted by molar-refractivity contribution is -0.113. The summed E-state index contributed by atoms with van der Waals surface area (Å²) in [7, 11) is 0. The highest BCUT2D eigenvalue weighted by atomic mass is 19.2. The van der Waals surface area contributed by atoms with Crippen molar-refractivity contribution in [1.29, 1.82) is 0 Å². The van der Waals surface area contributed by atoms with Crippen LogP contribution in [0.3, 0.4) is 0 Å².